The van der Waals surface area contributed by atoms with E-state index in [1.165, 1.54) is 57.8 Å². The quantitative estimate of drug-likeness (QED) is 0.0435. The lowest BCUT2D eigenvalue weighted by atomic mass is 10.0. The first kappa shape index (κ1) is 56.1. The Morgan fingerprint density at radius 2 is 0.817 bits per heavy atom. The number of carbonyl (C=O) groups is 7. The van der Waals surface area contributed by atoms with Crippen molar-refractivity contribution in [1.82, 2.24) is 26.6 Å². The van der Waals surface area contributed by atoms with E-state index >= 15 is 0 Å². The van der Waals surface area contributed by atoms with E-state index in [0.29, 0.717) is 25.9 Å². The number of rotatable bonds is 44. The highest BCUT2D eigenvalue weighted by Crippen LogP contribution is 2.14. The molecule has 60 heavy (non-hydrogen) atoms. The maximum atomic E-state index is 12.3. The zero-order valence-electron chi connectivity index (χ0n) is 36.0. The summed E-state index contributed by atoms with van der Waals surface area (Å²) in [6.07, 6.45) is 18.9. The van der Waals surface area contributed by atoms with Gasteiger partial charge in [-0.1, -0.05) is 89.9 Å². The van der Waals surface area contributed by atoms with Crippen molar-refractivity contribution in [2.75, 3.05) is 79.0 Å². The fourth-order valence-electron chi connectivity index (χ4n) is 5.87. The van der Waals surface area contributed by atoms with Gasteiger partial charge in [0.2, 0.25) is 29.5 Å². The van der Waals surface area contributed by atoms with Gasteiger partial charge in [0.05, 0.1) is 39.6 Å². The zero-order valence-corrected chi connectivity index (χ0v) is 36.0. The Labute approximate surface area is 357 Å². The largest absolute Gasteiger partial charge is 0.481 e. The summed E-state index contributed by atoms with van der Waals surface area (Å²) in [6, 6.07) is -1.14. The molecule has 0 spiro atoms. The summed E-state index contributed by atoms with van der Waals surface area (Å²) in [5.41, 5.74) is 0. The molecule has 1 radical (unpaired) electrons. The number of carbonyl (C=O) groups excluding carboxylic acids is 5. The van der Waals surface area contributed by atoms with E-state index in [1.807, 2.05) is 0 Å². The minimum atomic E-state index is -1.18. The Hall–Kier alpha value is -3.87. The van der Waals surface area contributed by atoms with E-state index in [9.17, 15) is 38.7 Å². The number of nitrogens with one attached hydrogen (secondary N) is 5. The average Bonchev–Trinajstić information content (AvgIpc) is 3.20. The predicted octanol–water partition coefficient (Wildman–Crippen LogP) is 3.20. The zero-order chi connectivity index (χ0) is 44.3. The van der Waals surface area contributed by atoms with Crippen LogP contribution in [-0.2, 0) is 52.5 Å². The maximum Gasteiger partial charge on any atom is 0.326 e. The van der Waals surface area contributed by atoms with Crippen LogP contribution >= 0.6 is 0 Å². The summed E-state index contributed by atoms with van der Waals surface area (Å²) in [7, 11) is 0. The van der Waals surface area contributed by atoms with Crippen LogP contribution in [0.25, 0.3) is 0 Å². The van der Waals surface area contributed by atoms with Gasteiger partial charge in [0, 0.05) is 52.4 Å². The molecule has 0 fully saturated rings. The highest BCUT2D eigenvalue weighted by molar-refractivity contribution is 5.84. The van der Waals surface area contributed by atoms with Crippen LogP contribution in [0.2, 0.25) is 0 Å². The molecule has 0 rings (SSSR count). The van der Waals surface area contributed by atoms with Crippen molar-refractivity contribution in [3.63, 3.8) is 0 Å². The molecule has 347 valence electrons. The lowest BCUT2D eigenvalue weighted by Crippen LogP contribution is -2.41. The van der Waals surface area contributed by atoms with Gasteiger partial charge in [-0.3, -0.25) is 28.8 Å². The number of hydrogen-bond acceptors (Lipinski definition) is 11. The lowest BCUT2D eigenvalue weighted by Gasteiger charge is -2.14. The predicted molar refractivity (Wildman–Crippen MR) is 225 cm³/mol. The van der Waals surface area contributed by atoms with Crippen LogP contribution in [0, 0.1) is 6.92 Å². The molecule has 0 saturated carbocycles. The molecule has 0 unspecified atom stereocenters. The molecule has 18 heteroatoms. The Morgan fingerprint density at radius 1 is 0.417 bits per heavy atom. The molecule has 0 aliphatic carbocycles. The molecule has 1 atom stereocenters. The molecular formula is C42H76N5O13. The van der Waals surface area contributed by atoms with Crippen molar-refractivity contribution in [2.24, 2.45) is 0 Å². The Balaban J connectivity index is 3.63. The average molecular weight is 859 g/mol. The first-order chi connectivity index (χ1) is 29.0. The molecule has 0 heterocycles. The second-order valence-corrected chi connectivity index (χ2v) is 14.6. The van der Waals surface area contributed by atoms with E-state index in [1.54, 1.807) is 0 Å². The van der Waals surface area contributed by atoms with Crippen LogP contribution in [0.15, 0.2) is 0 Å². The SMILES string of the molecule is [CH2]C(=O)NCCCNC(=O)COCCOCCNC(=O)COCCOCCNC(=O)CC[C@H](NC(=O)CCCCCCCCCCCCCCCCCCC(=O)O)C(=O)O. The fourth-order valence-corrected chi connectivity index (χ4v) is 5.87. The molecular weight excluding hydrogens is 782 g/mol. The first-order valence-electron chi connectivity index (χ1n) is 22.0. The minimum absolute atomic E-state index is 0.0241. The molecule has 18 nitrogen and oxygen atoms in total. The standard InChI is InChI=1S/C42H76N5O13/c1-35(48)43-23-18-24-44-39(51)33-59-31-30-58-28-26-46-40(52)34-60-32-29-57-27-25-45-37(49)22-21-36(42(55)56)47-38(50)19-16-14-12-10-8-6-4-2-3-5-7-9-11-13-15-17-20-41(53)54/h36H,1-34H2,(H,43,48)(H,44,51)(H,45,49)(H,46,52)(H,47,50)(H,53,54)(H,55,56)/t36-/m0/s1. The van der Waals surface area contributed by atoms with E-state index in [2.05, 4.69) is 33.5 Å². The van der Waals surface area contributed by atoms with Crippen LogP contribution in [0.4, 0.5) is 0 Å². The highest BCUT2D eigenvalue weighted by Gasteiger charge is 2.20. The monoisotopic (exact) mass is 859 g/mol. The van der Waals surface area contributed by atoms with Gasteiger partial charge >= 0.3 is 11.9 Å². The highest BCUT2D eigenvalue weighted by atomic mass is 16.5. The molecule has 0 aliphatic rings. The van der Waals surface area contributed by atoms with Gasteiger partial charge in [0.1, 0.15) is 19.3 Å². The number of hydrogen-bond donors (Lipinski definition) is 7. The number of unbranched alkanes of at least 4 members (excludes halogenated alkanes) is 15. The third kappa shape index (κ3) is 42.3. The second kappa shape index (κ2) is 41.8. The Bertz CT molecular complexity index is 1160. The van der Waals surface area contributed by atoms with Crippen LogP contribution in [-0.4, -0.2) is 137 Å². The number of carboxylic acids is 2. The summed E-state index contributed by atoms with van der Waals surface area (Å²) >= 11 is 0. The third-order valence-corrected chi connectivity index (χ3v) is 9.18. The topological polar surface area (TPSA) is 257 Å². The number of aliphatic carboxylic acids is 2. The van der Waals surface area contributed by atoms with Gasteiger partial charge in [-0.05, 0) is 25.7 Å². The molecule has 0 bridgehead atoms. The van der Waals surface area contributed by atoms with E-state index in [-0.39, 0.29) is 121 Å². The summed E-state index contributed by atoms with van der Waals surface area (Å²) in [4.78, 5) is 80.8. The van der Waals surface area contributed by atoms with Gasteiger partial charge in [-0.25, -0.2) is 4.79 Å². The Kier molecular flexibility index (Phi) is 39.1. The summed E-state index contributed by atoms with van der Waals surface area (Å²) in [6.45, 7) is 5.53. The third-order valence-electron chi connectivity index (χ3n) is 9.18. The number of ether oxygens (including phenoxy) is 4. The molecule has 0 aromatic rings. The normalized spacial score (nSPS) is 11.4. The Morgan fingerprint density at radius 3 is 1.27 bits per heavy atom. The van der Waals surface area contributed by atoms with Crippen molar-refractivity contribution in [2.45, 2.75) is 141 Å². The molecule has 0 saturated heterocycles. The molecule has 7 N–H and O–H groups in total. The van der Waals surface area contributed by atoms with Gasteiger partial charge in [0.25, 0.3) is 0 Å². The lowest BCUT2D eigenvalue weighted by molar-refractivity contribution is -0.142. The van der Waals surface area contributed by atoms with Crippen LogP contribution < -0.4 is 26.6 Å². The van der Waals surface area contributed by atoms with Gasteiger partial charge in [0.15, 0.2) is 0 Å². The molecule has 0 aromatic carbocycles. The first-order valence-corrected chi connectivity index (χ1v) is 22.0. The van der Waals surface area contributed by atoms with E-state index in [4.69, 9.17) is 24.1 Å². The molecule has 0 aliphatic heterocycles. The van der Waals surface area contributed by atoms with Crippen molar-refractivity contribution < 1.29 is 62.7 Å². The van der Waals surface area contributed by atoms with Crippen LogP contribution in [0.1, 0.15) is 135 Å². The van der Waals surface area contributed by atoms with Crippen molar-refractivity contribution >= 4 is 41.5 Å². The van der Waals surface area contributed by atoms with Crippen molar-refractivity contribution in [3.05, 3.63) is 6.92 Å². The molecule has 5 amide bonds. The summed E-state index contributed by atoms with van der Waals surface area (Å²) < 4.78 is 21.2. The second-order valence-electron chi connectivity index (χ2n) is 14.6. The van der Waals surface area contributed by atoms with Crippen molar-refractivity contribution in [1.29, 1.82) is 0 Å². The van der Waals surface area contributed by atoms with Crippen LogP contribution in [0.5, 0.6) is 0 Å². The number of carboxylic acid groups (broad SMARTS) is 2. The van der Waals surface area contributed by atoms with Gasteiger partial charge in [-0.2, -0.15) is 0 Å². The van der Waals surface area contributed by atoms with Gasteiger partial charge in [-0.15, -0.1) is 0 Å². The van der Waals surface area contributed by atoms with Gasteiger partial charge < -0.3 is 55.7 Å². The maximum absolute atomic E-state index is 12.3. The minimum Gasteiger partial charge on any atom is -0.481 e. The van der Waals surface area contributed by atoms with E-state index in [0.717, 1.165) is 38.5 Å². The summed E-state index contributed by atoms with van der Waals surface area (Å²) in [5.74, 6) is -3.52. The van der Waals surface area contributed by atoms with E-state index < -0.39 is 18.0 Å². The fraction of sp³-hybridized carbons (Fsp3) is 0.810. The number of amides is 5. The van der Waals surface area contributed by atoms with Crippen molar-refractivity contribution in [3.8, 4) is 0 Å². The van der Waals surface area contributed by atoms with Crippen LogP contribution in [0.3, 0.4) is 0 Å². The summed E-state index contributed by atoms with van der Waals surface area (Å²) in [5, 5.41) is 31.2. The smallest absolute Gasteiger partial charge is 0.326 e. The molecule has 0 aromatic heterocycles.